The first-order chi connectivity index (χ1) is 10.2. The minimum Gasteiger partial charge on any atom is -0.481 e. The predicted octanol–water partition coefficient (Wildman–Crippen LogP) is 2.55. The van der Waals surface area contributed by atoms with Crippen LogP contribution >= 0.6 is 0 Å². The highest BCUT2D eigenvalue weighted by atomic mass is 16.4. The van der Waals surface area contributed by atoms with Gasteiger partial charge in [0.15, 0.2) is 0 Å². The number of nitrogens with zero attached hydrogens (tertiary/aromatic N) is 3. The standard InChI is InChI=1S/C16H15N3O2/c17-9-11-10-18-14-6-2-1-5-13(14)16(11)19-7-3-4-12(19)8-15(20)21/h1-2,5-6,10,12H,3-4,7-8H2,(H,20,21). The summed E-state index contributed by atoms with van der Waals surface area (Å²) < 4.78 is 0. The molecule has 0 amide bonds. The number of para-hydroxylation sites is 1. The summed E-state index contributed by atoms with van der Waals surface area (Å²) in [5.41, 5.74) is 2.16. The molecule has 0 bridgehead atoms. The van der Waals surface area contributed by atoms with Gasteiger partial charge in [0.1, 0.15) is 6.07 Å². The van der Waals surface area contributed by atoms with Crippen LogP contribution in [0.4, 0.5) is 5.69 Å². The van der Waals surface area contributed by atoms with Crippen LogP contribution in [0.5, 0.6) is 0 Å². The molecule has 0 spiro atoms. The van der Waals surface area contributed by atoms with Crippen LogP contribution in [0.15, 0.2) is 30.5 Å². The Kier molecular flexibility index (Phi) is 3.44. The maximum atomic E-state index is 11.0. The van der Waals surface area contributed by atoms with Crippen LogP contribution in [0.25, 0.3) is 10.9 Å². The van der Waals surface area contributed by atoms with Gasteiger partial charge in [-0.25, -0.2) is 0 Å². The quantitative estimate of drug-likeness (QED) is 0.935. The van der Waals surface area contributed by atoms with Crippen LogP contribution in [0.1, 0.15) is 24.8 Å². The predicted molar refractivity (Wildman–Crippen MR) is 79.1 cm³/mol. The number of aliphatic carboxylic acids is 1. The first-order valence-electron chi connectivity index (χ1n) is 6.97. The minimum atomic E-state index is -0.802. The van der Waals surface area contributed by atoms with Crippen LogP contribution in [-0.4, -0.2) is 28.6 Å². The van der Waals surface area contributed by atoms with Crippen molar-refractivity contribution in [3.05, 3.63) is 36.0 Å². The second-order valence-corrected chi connectivity index (χ2v) is 5.24. The van der Waals surface area contributed by atoms with Gasteiger partial charge >= 0.3 is 5.97 Å². The minimum absolute atomic E-state index is 0.0552. The van der Waals surface area contributed by atoms with Gasteiger partial charge in [0.05, 0.1) is 23.2 Å². The number of rotatable bonds is 3. The Morgan fingerprint density at radius 2 is 2.29 bits per heavy atom. The van der Waals surface area contributed by atoms with Crippen molar-refractivity contribution in [1.29, 1.82) is 5.26 Å². The molecule has 21 heavy (non-hydrogen) atoms. The molecule has 5 heteroatoms. The summed E-state index contributed by atoms with van der Waals surface area (Å²) in [6, 6.07) is 9.80. The van der Waals surface area contributed by atoms with Crippen molar-refractivity contribution < 1.29 is 9.90 Å². The molecule has 1 atom stereocenters. The summed E-state index contributed by atoms with van der Waals surface area (Å²) in [6.07, 6.45) is 3.46. The van der Waals surface area contributed by atoms with Crippen molar-refractivity contribution in [3.63, 3.8) is 0 Å². The smallest absolute Gasteiger partial charge is 0.305 e. The molecule has 106 valence electrons. The Hall–Kier alpha value is -2.61. The number of pyridine rings is 1. The van der Waals surface area contributed by atoms with E-state index in [1.807, 2.05) is 24.3 Å². The third-order valence-corrected chi connectivity index (χ3v) is 3.94. The fourth-order valence-corrected chi connectivity index (χ4v) is 3.06. The zero-order valence-electron chi connectivity index (χ0n) is 11.5. The Bertz CT molecular complexity index is 736. The van der Waals surface area contributed by atoms with Gasteiger partial charge < -0.3 is 10.0 Å². The molecule has 0 saturated carbocycles. The Balaban J connectivity index is 2.14. The van der Waals surface area contributed by atoms with E-state index in [9.17, 15) is 10.1 Å². The molecular weight excluding hydrogens is 266 g/mol. The van der Waals surface area contributed by atoms with E-state index in [2.05, 4.69) is 16.0 Å². The molecule has 5 nitrogen and oxygen atoms in total. The van der Waals surface area contributed by atoms with Crippen LogP contribution in [-0.2, 0) is 4.79 Å². The molecular formula is C16H15N3O2. The van der Waals surface area contributed by atoms with Crippen molar-refractivity contribution >= 4 is 22.6 Å². The number of aromatic nitrogens is 1. The number of hydrogen-bond donors (Lipinski definition) is 1. The normalized spacial score (nSPS) is 17.9. The van der Waals surface area contributed by atoms with E-state index in [0.29, 0.717) is 5.56 Å². The lowest BCUT2D eigenvalue weighted by Gasteiger charge is -2.27. The number of nitriles is 1. The average Bonchev–Trinajstić information content (AvgIpc) is 2.93. The number of carboxylic acids is 1. The van der Waals surface area contributed by atoms with E-state index >= 15 is 0 Å². The van der Waals surface area contributed by atoms with Gasteiger partial charge in [-0.15, -0.1) is 0 Å². The molecule has 0 aliphatic carbocycles. The molecule has 1 aliphatic heterocycles. The largest absolute Gasteiger partial charge is 0.481 e. The van der Waals surface area contributed by atoms with Gasteiger partial charge in [-0.3, -0.25) is 9.78 Å². The van der Waals surface area contributed by atoms with Gasteiger partial charge in [0.25, 0.3) is 0 Å². The van der Waals surface area contributed by atoms with Gasteiger partial charge in [-0.1, -0.05) is 18.2 Å². The molecule has 2 heterocycles. The average molecular weight is 281 g/mol. The first kappa shape index (κ1) is 13.4. The second kappa shape index (κ2) is 5.41. The lowest BCUT2D eigenvalue weighted by Crippen LogP contribution is -2.32. The molecule has 0 radical (unpaired) electrons. The summed E-state index contributed by atoms with van der Waals surface area (Å²) in [7, 11) is 0. The van der Waals surface area contributed by atoms with Crippen molar-refractivity contribution in [2.75, 3.05) is 11.4 Å². The number of benzene rings is 1. The van der Waals surface area contributed by atoms with E-state index in [1.54, 1.807) is 6.20 Å². The number of carboxylic acid groups (broad SMARTS) is 1. The third-order valence-electron chi connectivity index (χ3n) is 3.94. The first-order valence-corrected chi connectivity index (χ1v) is 6.97. The monoisotopic (exact) mass is 281 g/mol. The Morgan fingerprint density at radius 3 is 3.05 bits per heavy atom. The van der Waals surface area contributed by atoms with E-state index in [-0.39, 0.29) is 12.5 Å². The molecule has 1 unspecified atom stereocenters. The summed E-state index contributed by atoms with van der Waals surface area (Å²) in [4.78, 5) is 17.4. The van der Waals surface area contributed by atoms with Gasteiger partial charge in [0, 0.05) is 24.2 Å². The van der Waals surface area contributed by atoms with Crippen molar-refractivity contribution in [2.24, 2.45) is 0 Å². The number of carbonyl (C=O) groups is 1. The maximum Gasteiger partial charge on any atom is 0.305 e. The van der Waals surface area contributed by atoms with Crippen LogP contribution in [0.2, 0.25) is 0 Å². The fourth-order valence-electron chi connectivity index (χ4n) is 3.06. The van der Waals surface area contributed by atoms with Gasteiger partial charge in [-0.05, 0) is 18.9 Å². The molecule has 1 aliphatic rings. The van der Waals surface area contributed by atoms with Crippen LogP contribution in [0.3, 0.4) is 0 Å². The highest BCUT2D eigenvalue weighted by molar-refractivity contribution is 5.94. The maximum absolute atomic E-state index is 11.0. The van der Waals surface area contributed by atoms with Crippen molar-refractivity contribution in [3.8, 4) is 6.07 Å². The highest BCUT2D eigenvalue weighted by Gasteiger charge is 2.29. The molecule has 1 saturated heterocycles. The van der Waals surface area contributed by atoms with Gasteiger partial charge in [0.2, 0.25) is 0 Å². The second-order valence-electron chi connectivity index (χ2n) is 5.24. The lowest BCUT2D eigenvalue weighted by molar-refractivity contribution is -0.137. The third kappa shape index (κ3) is 2.40. The van der Waals surface area contributed by atoms with Gasteiger partial charge in [-0.2, -0.15) is 5.26 Å². The number of fused-ring (bicyclic) bond motifs is 1. The zero-order valence-corrected chi connectivity index (χ0v) is 11.5. The SMILES string of the molecule is N#Cc1cnc2ccccc2c1N1CCCC1CC(=O)O. The molecule has 1 aromatic carbocycles. The Morgan fingerprint density at radius 1 is 1.48 bits per heavy atom. The molecule has 1 aromatic heterocycles. The summed E-state index contributed by atoms with van der Waals surface area (Å²) in [5, 5.41) is 19.4. The lowest BCUT2D eigenvalue weighted by atomic mass is 10.1. The summed E-state index contributed by atoms with van der Waals surface area (Å²) in [6.45, 7) is 0.778. The number of hydrogen-bond acceptors (Lipinski definition) is 4. The van der Waals surface area contributed by atoms with Crippen molar-refractivity contribution in [1.82, 2.24) is 4.98 Å². The number of anilines is 1. The fraction of sp³-hybridized carbons (Fsp3) is 0.312. The summed E-state index contributed by atoms with van der Waals surface area (Å²) >= 11 is 0. The van der Waals surface area contributed by atoms with E-state index in [1.165, 1.54) is 0 Å². The van der Waals surface area contributed by atoms with Crippen molar-refractivity contribution in [2.45, 2.75) is 25.3 Å². The zero-order chi connectivity index (χ0) is 14.8. The van der Waals surface area contributed by atoms with Crippen LogP contribution < -0.4 is 4.90 Å². The van der Waals surface area contributed by atoms with Crippen LogP contribution in [0, 0.1) is 11.3 Å². The topological polar surface area (TPSA) is 77.2 Å². The molecule has 1 N–H and O–H groups in total. The van der Waals surface area contributed by atoms with E-state index < -0.39 is 5.97 Å². The molecule has 3 rings (SSSR count). The molecule has 2 aromatic rings. The summed E-state index contributed by atoms with van der Waals surface area (Å²) in [5.74, 6) is -0.802. The highest BCUT2D eigenvalue weighted by Crippen LogP contribution is 2.35. The molecule has 1 fully saturated rings. The van der Waals surface area contributed by atoms with E-state index in [4.69, 9.17) is 5.11 Å². The van der Waals surface area contributed by atoms with E-state index in [0.717, 1.165) is 36.0 Å². The Labute approximate surface area is 122 Å².